The number of carbonyl (C=O) groups is 1. The molecule has 0 spiro atoms. The van der Waals surface area contributed by atoms with Crippen molar-refractivity contribution in [1.82, 2.24) is 0 Å². The molecule has 1 aromatic carbocycles. The molecular formula is C10H10F3NO3. The number of nitrogen functional groups attached to an aromatic ring is 1. The Bertz CT molecular complexity index is 418. The monoisotopic (exact) mass is 249 g/mol. The first-order valence-electron chi connectivity index (χ1n) is 4.50. The molecule has 1 rings (SSSR count). The molecule has 1 aromatic rings. The van der Waals surface area contributed by atoms with Crippen molar-refractivity contribution < 1.29 is 27.4 Å². The molecule has 2 N–H and O–H groups in total. The first-order valence-corrected chi connectivity index (χ1v) is 4.50. The van der Waals surface area contributed by atoms with Gasteiger partial charge in [-0.25, -0.2) is 4.79 Å². The second-order valence-corrected chi connectivity index (χ2v) is 3.19. The molecule has 0 aliphatic heterocycles. The smallest absolute Gasteiger partial charge is 0.422 e. The molecule has 17 heavy (non-hydrogen) atoms. The number of rotatable bonds is 3. The Hall–Kier alpha value is -1.92. The van der Waals surface area contributed by atoms with E-state index in [0.29, 0.717) is 0 Å². The lowest BCUT2D eigenvalue weighted by Gasteiger charge is -2.09. The van der Waals surface area contributed by atoms with Crippen LogP contribution < -0.4 is 10.5 Å². The van der Waals surface area contributed by atoms with Gasteiger partial charge < -0.3 is 15.2 Å². The second-order valence-electron chi connectivity index (χ2n) is 3.19. The predicted octanol–water partition coefficient (Wildman–Crippen LogP) is 2.00. The van der Waals surface area contributed by atoms with Crippen LogP contribution in [0.2, 0.25) is 0 Å². The van der Waals surface area contributed by atoms with E-state index < -0.39 is 18.8 Å². The lowest BCUT2D eigenvalue weighted by atomic mass is 10.2. The van der Waals surface area contributed by atoms with Crippen molar-refractivity contribution in [2.24, 2.45) is 0 Å². The molecule has 0 aliphatic carbocycles. The summed E-state index contributed by atoms with van der Waals surface area (Å²) in [4.78, 5) is 11.3. The molecule has 0 heterocycles. The molecule has 0 saturated heterocycles. The lowest BCUT2D eigenvalue weighted by Crippen LogP contribution is -2.20. The molecular weight excluding hydrogens is 239 g/mol. The average molecular weight is 249 g/mol. The molecule has 0 unspecified atom stereocenters. The van der Waals surface area contributed by atoms with Crippen LogP contribution in [0.4, 0.5) is 18.9 Å². The Balaban J connectivity index is 2.78. The van der Waals surface area contributed by atoms with Crippen LogP contribution in [-0.4, -0.2) is 25.9 Å². The van der Waals surface area contributed by atoms with E-state index in [1.54, 1.807) is 0 Å². The fraction of sp³-hybridized carbons (Fsp3) is 0.300. The average Bonchev–Trinajstić information content (AvgIpc) is 2.23. The summed E-state index contributed by atoms with van der Waals surface area (Å²) >= 11 is 0. The van der Waals surface area contributed by atoms with Gasteiger partial charge in [-0.15, -0.1) is 0 Å². The third-order valence-electron chi connectivity index (χ3n) is 1.77. The summed E-state index contributed by atoms with van der Waals surface area (Å²) in [5.41, 5.74) is 5.55. The molecule has 0 aromatic heterocycles. The molecule has 7 heteroatoms. The van der Waals surface area contributed by atoms with Gasteiger partial charge in [0.05, 0.1) is 12.7 Å². The number of esters is 1. The highest BCUT2D eigenvalue weighted by Gasteiger charge is 2.29. The third kappa shape index (κ3) is 4.21. The van der Waals surface area contributed by atoms with Crippen molar-refractivity contribution in [1.29, 1.82) is 0 Å². The summed E-state index contributed by atoms with van der Waals surface area (Å²) in [5, 5.41) is 0. The highest BCUT2D eigenvalue weighted by Crippen LogP contribution is 2.20. The van der Waals surface area contributed by atoms with Crippen molar-refractivity contribution in [2.75, 3.05) is 19.5 Å². The molecule has 94 valence electrons. The quantitative estimate of drug-likeness (QED) is 0.657. The van der Waals surface area contributed by atoms with Gasteiger partial charge in [-0.3, -0.25) is 0 Å². The van der Waals surface area contributed by atoms with E-state index >= 15 is 0 Å². The molecule has 0 atom stereocenters. The summed E-state index contributed by atoms with van der Waals surface area (Å²) in [7, 11) is 1.35. The first kappa shape index (κ1) is 13.1. The SMILES string of the molecule is COc1cc(N)cc(C(=O)OCC(F)(F)F)c1. The van der Waals surface area contributed by atoms with Crippen molar-refractivity contribution in [3.63, 3.8) is 0 Å². The Morgan fingerprint density at radius 1 is 1.35 bits per heavy atom. The fourth-order valence-electron chi connectivity index (χ4n) is 1.09. The zero-order valence-corrected chi connectivity index (χ0v) is 8.88. The fourth-order valence-corrected chi connectivity index (χ4v) is 1.09. The highest BCUT2D eigenvalue weighted by molar-refractivity contribution is 5.91. The van der Waals surface area contributed by atoms with Crippen molar-refractivity contribution in [3.8, 4) is 5.75 Å². The summed E-state index contributed by atoms with van der Waals surface area (Å²) in [6, 6.07) is 3.89. The van der Waals surface area contributed by atoms with E-state index in [-0.39, 0.29) is 17.0 Å². The maximum Gasteiger partial charge on any atom is 0.422 e. The van der Waals surface area contributed by atoms with Crippen molar-refractivity contribution >= 4 is 11.7 Å². The van der Waals surface area contributed by atoms with Gasteiger partial charge >= 0.3 is 12.1 Å². The number of ether oxygens (including phenoxy) is 2. The van der Waals surface area contributed by atoms with Gasteiger partial charge in [-0.05, 0) is 12.1 Å². The van der Waals surface area contributed by atoms with E-state index in [4.69, 9.17) is 10.5 Å². The lowest BCUT2D eigenvalue weighted by molar-refractivity contribution is -0.161. The van der Waals surface area contributed by atoms with Crippen LogP contribution in [0.3, 0.4) is 0 Å². The number of carbonyl (C=O) groups excluding carboxylic acids is 1. The minimum absolute atomic E-state index is 0.0916. The van der Waals surface area contributed by atoms with Gasteiger partial charge in [0.2, 0.25) is 0 Å². The van der Waals surface area contributed by atoms with Crippen LogP contribution in [-0.2, 0) is 4.74 Å². The Morgan fingerprint density at radius 2 is 2.00 bits per heavy atom. The van der Waals surface area contributed by atoms with Crippen LogP contribution in [0.5, 0.6) is 5.75 Å². The Kier molecular flexibility index (Phi) is 3.82. The van der Waals surface area contributed by atoms with E-state index in [9.17, 15) is 18.0 Å². The van der Waals surface area contributed by atoms with E-state index in [0.717, 1.165) is 0 Å². The first-order chi connectivity index (χ1) is 7.81. The van der Waals surface area contributed by atoms with Gasteiger partial charge in [-0.2, -0.15) is 13.2 Å². The minimum atomic E-state index is -4.56. The molecule has 0 saturated carbocycles. The summed E-state index contributed by atoms with van der Waals surface area (Å²) in [5.74, 6) is -0.836. The normalized spacial score (nSPS) is 11.1. The van der Waals surface area contributed by atoms with Crippen molar-refractivity contribution in [2.45, 2.75) is 6.18 Å². The molecule has 4 nitrogen and oxygen atoms in total. The molecule has 0 aliphatic rings. The van der Waals surface area contributed by atoms with Gasteiger partial charge in [0.1, 0.15) is 5.75 Å². The maximum atomic E-state index is 11.8. The van der Waals surface area contributed by atoms with Gasteiger partial charge in [0.25, 0.3) is 0 Å². The van der Waals surface area contributed by atoms with Crippen LogP contribution in [0.15, 0.2) is 18.2 Å². The zero-order valence-electron chi connectivity index (χ0n) is 8.88. The van der Waals surface area contributed by atoms with Gasteiger partial charge in [-0.1, -0.05) is 0 Å². The number of anilines is 1. The Morgan fingerprint density at radius 3 is 2.53 bits per heavy atom. The van der Waals surface area contributed by atoms with E-state index in [1.807, 2.05) is 0 Å². The molecule has 0 radical (unpaired) electrons. The summed E-state index contributed by atoms with van der Waals surface area (Å²) < 4.78 is 44.4. The number of benzene rings is 1. The van der Waals surface area contributed by atoms with Crippen LogP contribution in [0.1, 0.15) is 10.4 Å². The minimum Gasteiger partial charge on any atom is -0.497 e. The number of hydrogen-bond acceptors (Lipinski definition) is 4. The standard InChI is InChI=1S/C10H10F3NO3/c1-16-8-3-6(2-7(14)4-8)9(15)17-5-10(11,12)13/h2-4H,5,14H2,1H3. The number of hydrogen-bond donors (Lipinski definition) is 1. The largest absolute Gasteiger partial charge is 0.497 e. The van der Waals surface area contributed by atoms with Gasteiger partial charge in [0, 0.05) is 11.8 Å². The molecule has 0 bridgehead atoms. The highest BCUT2D eigenvalue weighted by atomic mass is 19.4. The Labute approximate surface area is 95.1 Å². The van der Waals surface area contributed by atoms with E-state index in [1.165, 1.54) is 25.3 Å². The predicted molar refractivity (Wildman–Crippen MR) is 53.7 cm³/mol. The molecule has 0 amide bonds. The van der Waals surface area contributed by atoms with Crippen LogP contribution in [0, 0.1) is 0 Å². The maximum absolute atomic E-state index is 11.8. The number of halogens is 3. The van der Waals surface area contributed by atoms with Crippen LogP contribution in [0.25, 0.3) is 0 Å². The molecule has 0 fully saturated rings. The summed E-state index contributed by atoms with van der Waals surface area (Å²) in [6.07, 6.45) is -4.56. The topological polar surface area (TPSA) is 61.5 Å². The van der Waals surface area contributed by atoms with E-state index in [2.05, 4.69) is 4.74 Å². The zero-order chi connectivity index (χ0) is 13.1. The van der Waals surface area contributed by atoms with Crippen molar-refractivity contribution in [3.05, 3.63) is 23.8 Å². The number of nitrogens with two attached hydrogens (primary N) is 1. The number of alkyl halides is 3. The summed E-state index contributed by atoms with van der Waals surface area (Å²) in [6.45, 7) is -1.64. The third-order valence-corrected chi connectivity index (χ3v) is 1.77. The number of methoxy groups -OCH3 is 1. The van der Waals surface area contributed by atoms with Crippen LogP contribution >= 0.6 is 0 Å². The van der Waals surface area contributed by atoms with Gasteiger partial charge in [0.15, 0.2) is 6.61 Å². The second kappa shape index (κ2) is 4.94.